The number of hydrogen-bond donors (Lipinski definition) is 0. The Hall–Kier alpha value is 0. The third-order valence-electron chi connectivity index (χ3n) is 4.86. The van der Waals surface area contributed by atoms with Gasteiger partial charge in [-0.25, -0.2) is 0 Å². The highest BCUT2D eigenvalue weighted by molar-refractivity contribution is 5.10. The number of hydrogen-bond acceptors (Lipinski definition) is 0. The molecule has 0 amide bonds. The van der Waals surface area contributed by atoms with Gasteiger partial charge in [0, 0.05) is 0 Å². The van der Waals surface area contributed by atoms with Crippen LogP contribution in [-0.2, 0) is 0 Å². The zero-order valence-electron chi connectivity index (χ0n) is 9.15. The molecule has 0 spiro atoms. The molecule has 0 saturated heterocycles. The highest BCUT2D eigenvalue weighted by Gasteiger charge is 2.61. The van der Waals surface area contributed by atoms with Crippen LogP contribution in [0, 0.1) is 28.6 Å². The topological polar surface area (TPSA) is 0 Å². The van der Waals surface area contributed by atoms with Gasteiger partial charge in [0.2, 0.25) is 0 Å². The van der Waals surface area contributed by atoms with Crippen molar-refractivity contribution in [2.45, 2.75) is 47.5 Å². The highest BCUT2D eigenvalue weighted by Crippen LogP contribution is 2.68. The molecule has 12 heavy (non-hydrogen) atoms. The molecule has 0 heterocycles. The summed E-state index contributed by atoms with van der Waals surface area (Å²) in [4.78, 5) is 0. The van der Waals surface area contributed by atoms with E-state index in [0.717, 1.165) is 17.8 Å². The van der Waals surface area contributed by atoms with Crippen molar-refractivity contribution < 1.29 is 0 Å². The van der Waals surface area contributed by atoms with Crippen LogP contribution in [-0.4, -0.2) is 0 Å². The van der Waals surface area contributed by atoms with Gasteiger partial charge in [-0.1, -0.05) is 34.6 Å². The molecule has 0 heteroatoms. The Morgan fingerprint density at radius 3 is 1.92 bits per heavy atom. The van der Waals surface area contributed by atoms with Crippen LogP contribution >= 0.6 is 0 Å². The molecule has 0 nitrogen and oxygen atoms in total. The lowest BCUT2D eigenvalue weighted by atomic mass is 9.37. The molecule has 3 fully saturated rings. The number of fused-ring (bicyclic) bond motifs is 2. The fourth-order valence-corrected chi connectivity index (χ4v) is 4.74. The molecule has 3 atom stereocenters. The van der Waals surface area contributed by atoms with Crippen LogP contribution in [0.3, 0.4) is 0 Å². The summed E-state index contributed by atoms with van der Waals surface area (Å²) in [6.07, 6.45) is 2.92. The van der Waals surface area contributed by atoms with Gasteiger partial charge in [0.25, 0.3) is 0 Å². The van der Waals surface area contributed by atoms with Gasteiger partial charge < -0.3 is 0 Å². The van der Waals surface area contributed by atoms with Gasteiger partial charge in [0.05, 0.1) is 0 Å². The Kier molecular flexibility index (Phi) is 1.49. The minimum Gasteiger partial charge on any atom is -0.0619 e. The quantitative estimate of drug-likeness (QED) is 0.514. The second-order valence-electron chi connectivity index (χ2n) is 6.29. The first-order valence-electron chi connectivity index (χ1n) is 5.37. The Balaban J connectivity index is 2.29. The SMILES string of the molecule is CC1C2CCC(C)(C)C1C2(C)C. The monoisotopic (exact) mass is 166 g/mol. The van der Waals surface area contributed by atoms with E-state index in [9.17, 15) is 0 Å². The molecule has 3 rings (SSSR count). The molecule has 3 unspecified atom stereocenters. The Labute approximate surface area is 76.7 Å². The van der Waals surface area contributed by atoms with Crippen LogP contribution in [0.4, 0.5) is 0 Å². The minimum absolute atomic E-state index is 0.609. The van der Waals surface area contributed by atoms with Gasteiger partial charge >= 0.3 is 0 Å². The van der Waals surface area contributed by atoms with Crippen LogP contribution in [0.5, 0.6) is 0 Å². The number of rotatable bonds is 0. The fraction of sp³-hybridized carbons (Fsp3) is 1.00. The van der Waals surface area contributed by atoms with E-state index in [1.54, 1.807) is 0 Å². The lowest BCUT2D eigenvalue weighted by Gasteiger charge is -2.68. The molecule has 3 aliphatic carbocycles. The molecule has 0 aromatic carbocycles. The molecule has 0 N–H and O–H groups in total. The summed E-state index contributed by atoms with van der Waals surface area (Å²) < 4.78 is 0. The van der Waals surface area contributed by atoms with Crippen LogP contribution in [0.15, 0.2) is 0 Å². The zero-order chi connectivity index (χ0) is 9.15. The first-order valence-corrected chi connectivity index (χ1v) is 5.37. The predicted octanol–water partition coefficient (Wildman–Crippen LogP) is 3.71. The first-order chi connectivity index (χ1) is 5.37. The average Bonchev–Trinajstić information content (AvgIpc) is 1.82. The van der Waals surface area contributed by atoms with E-state index in [4.69, 9.17) is 0 Å². The van der Waals surface area contributed by atoms with Crippen LogP contribution in [0.1, 0.15) is 47.5 Å². The standard InChI is InChI=1S/C12H22/c1-8-9-6-7-11(2,3)10(8)12(9,4)5/h8-10H,6-7H2,1-5H3. The maximum Gasteiger partial charge on any atom is -0.0280 e. The smallest absolute Gasteiger partial charge is 0.0280 e. The van der Waals surface area contributed by atoms with Gasteiger partial charge in [0.1, 0.15) is 0 Å². The van der Waals surface area contributed by atoms with E-state index in [-0.39, 0.29) is 0 Å². The molecule has 0 aromatic heterocycles. The summed E-state index contributed by atoms with van der Waals surface area (Å²) in [5, 5.41) is 0. The van der Waals surface area contributed by atoms with E-state index in [1.807, 2.05) is 0 Å². The average molecular weight is 166 g/mol. The first kappa shape index (κ1) is 8.59. The van der Waals surface area contributed by atoms with Crippen molar-refractivity contribution >= 4 is 0 Å². The molecule has 3 saturated carbocycles. The van der Waals surface area contributed by atoms with Crippen molar-refractivity contribution in [2.24, 2.45) is 28.6 Å². The molecular formula is C12H22. The summed E-state index contributed by atoms with van der Waals surface area (Å²) in [6, 6.07) is 0. The van der Waals surface area contributed by atoms with Gasteiger partial charge in [-0.05, 0) is 41.4 Å². The van der Waals surface area contributed by atoms with E-state index in [1.165, 1.54) is 12.8 Å². The van der Waals surface area contributed by atoms with E-state index in [0.29, 0.717) is 10.8 Å². The molecule has 2 bridgehead atoms. The van der Waals surface area contributed by atoms with Gasteiger partial charge in [0.15, 0.2) is 0 Å². The van der Waals surface area contributed by atoms with Gasteiger partial charge in [-0.3, -0.25) is 0 Å². The Bertz CT molecular complexity index is 192. The van der Waals surface area contributed by atoms with Crippen molar-refractivity contribution in [1.82, 2.24) is 0 Å². The summed E-state index contributed by atoms with van der Waals surface area (Å²) in [7, 11) is 0. The van der Waals surface area contributed by atoms with Crippen molar-refractivity contribution in [3.8, 4) is 0 Å². The van der Waals surface area contributed by atoms with Crippen LogP contribution in [0.25, 0.3) is 0 Å². The Morgan fingerprint density at radius 1 is 1.08 bits per heavy atom. The van der Waals surface area contributed by atoms with Gasteiger partial charge in [-0.2, -0.15) is 0 Å². The molecule has 0 aromatic rings. The van der Waals surface area contributed by atoms with Crippen LogP contribution in [0.2, 0.25) is 0 Å². The predicted molar refractivity (Wildman–Crippen MR) is 52.9 cm³/mol. The summed E-state index contributed by atoms with van der Waals surface area (Å²) in [6.45, 7) is 12.3. The summed E-state index contributed by atoms with van der Waals surface area (Å²) in [5.41, 5.74) is 1.25. The second kappa shape index (κ2) is 2.08. The summed E-state index contributed by atoms with van der Waals surface area (Å²) in [5.74, 6) is 2.99. The van der Waals surface area contributed by atoms with Crippen molar-refractivity contribution in [3.05, 3.63) is 0 Å². The van der Waals surface area contributed by atoms with Crippen molar-refractivity contribution in [3.63, 3.8) is 0 Å². The van der Waals surface area contributed by atoms with Crippen LogP contribution < -0.4 is 0 Å². The fourth-order valence-electron chi connectivity index (χ4n) is 4.74. The van der Waals surface area contributed by atoms with Crippen molar-refractivity contribution in [1.29, 1.82) is 0 Å². The molecule has 0 radical (unpaired) electrons. The normalized spacial score (nSPS) is 48.2. The second-order valence-corrected chi connectivity index (χ2v) is 6.29. The third kappa shape index (κ3) is 0.791. The maximum atomic E-state index is 2.48. The molecule has 0 aliphatic heterocycles. The highest BCUT2D eigenvalue weighted by atomic mass is 14.7. The lowest BCUT2D eigenvalue weighted by molar-refractivity contribution is -0.193. The van der Waals surface area contributed by atoms with E-state index in [2.05, 4.69) is 34.6 Å². The van der Waals surface area contributed by atoms with Gasteiger partial charge in [-0.15, -0.1) is 0 Å². The molecule has 70 valence electrons. The van der Waals surface area contributed by atoms with Crippen molar-refractivity contribution in [2.75, 3.05) is 0 Å². The minimum atomic E-state index is 0.609. The Morgan fingerprint density at radius 2 is 1.67 bits per heavy atom. The van der Waals surface area contributed by atoms with E-state index >= 15 is 0 Å². The zero-order valence-corrected chi connectivity index (χ0v) is 9.15. The largest absolute Gasteiger partial charge is 0.0619 e. The summed E-state index contributed by atoms with van der Waals surface area (Å²) >= 11 is 0. The lowest BCUT2D eigenvalue weighted by Crippen LogP contribution is -2.61. The third-order valence-corrected chi connectivity index (χ3v) is 4.86. The molecule has 3 aliphatic rings. The maximum absolute atomic E-state index is 2.48. The van der Waals surface area contributed by atoms with E-state index < -0.39 is 0 Å². The molecular weight excluding hydrogens is 144 g/mol.